The molecule has 0 saturated heterocycles. The van der Waals surface area contributed by atoms with E-state index in [2.05, 4.69) is 15.6 Å². The molecule has 3 aromatic rings. The number of rotatable bonds is 6. The maximum absolute atomic E-state index is 12.4. The van der Waals surface area contributed by atoms with Crippen LogP contribution in [0.5, 0.6) is 0 Å². The SMILES string of the molecule is O=C(NCCc1cccc(Cl)c1)N[C@H](c1ccccc1)c1ccccn1. The van der Waals surface area contributed by atoms with Crippen LogP contribution in [-0.2, 0) is 6.42 Å². The molecule has 1 atom stereocenters. The van der Waals surface area contributed by atoms with Gasteiger partial charge in [0.1, 0.15) is 0 Å². The van der Waals surface area contributed by atoms with Crippen LogP contribution in [0.25, 0.3) is 0 Å². The fourth-order valence-corrected chi connectivity index (χ4v) is 2.93. The lowest BCUT2D eigenvalue weighted by Gasteiger charge is -2.19. The summed E-state index contributed by atoms with van der Waals surface area (Å²) in [6.07, 6.45) is 2.44. The third kappa shape index (κ3) is 5.07. The molecule has 0 saturated carbocycles. The monoisotopic (exact) mass is 365 g/mol. The number of pyridine rings is 1. The van der Waals surface area contributed by atoms with Gasteiger partial charge in [0.2, 0.25) is 0 Å². The van der Waals surface area contributed by atoms with Crippen molar-refractivity contribution in [2.24, 2.45) is 0 Å². The van der Waals surface area contributed by atoms with Gasteiger partial charge in [-0.05, 0) is 41.8 Å². The fourth-order valence-electron chi connectivity index (χ4n) is 2.72. The number of aromatic nitrogens is 1. The molecule has 0 unspecified atom stereocenters. The maximum atomic E-state index is 12.4. The molecular formula is C21H20ClN3O. The van der Waals surface area contributed by atoms with Crippen LogP contribution in [0, 0.1) is 0 Å². The molecule has 0 aliphatic rings. The van der Waals surface area contributed by atoms with Gasteiger partial charge in [-0.25, -0.2) is 4.79 Å². The Labute approximate surface area is 158 Å². The molecule has 5 heteroatoms. The van der Waals surface area contributed by atoms with E-state index in [1.54, 1.807) is 6.20 Å². The largest absolute Gasteiger partial charge is 0.338 e. The zero-order valence-electron chi connectivity index (χ0n) is 14.2. The summed E-state index contributed by atoms with van der Waals surface area (Å²) in [4.78, 5) is 16.8. The van der Waals surface area contributed by atoms with Crippen LogP contribution in [0.4, 0.5) is 4.79 Å². The number of hydrogen-bond donors (Lipinski definition) is 2. The first kappa shape index (κ1) is 18.0. The van der Waals surface area contributed by atoms with Gasteiger partial charge in [-0.2, -0.15) is 0 Å². The Morgan fingerprint density at radius 3 is 2.54 bits per heavy atom. The van der Waals surface area contributed by atoms with Crippen LogP contribution in [0.3, 0.4) is 0 Å². The molecule has 132 valence electrons. The van der Waals surface area contributed by atoms with Crippen molar-refractivity contribution in [2.75, 3.05) is 6.54 Å². The van der Waals surface area contributed by atoms with Crippen LogP contribution in [0.2, 0.25) is 5.02 Å². The molecule has 0 aliphatic heterocycles. The highest BCUT2D eigenvalue weighted by Crippen LogP contribution is 2.19. The summed E-state index contributed by atoms with van der Waals surface area (Å²) in [6.45, 7) is 0.524. The number of amides is 2. The van der Waals surface area contributed by atoms with Crippen molar-refractivity contribution < 1.29 is 4.79 Å². The summed E-state index contributed by atoms with van der Waals surface area (Å²) < 4.78 is 0. The van der Waals surface area contributed by atoms with Gasteiger partial charge >= 0.3 is 6.03 Å². The van der Waals surface area contributed by atoms with Crippen molar-refractivity contribution in [1.82, 2.24) is 15.6 Å². The van der Waals surface area contributed by atoms with E-state index in [0.717, 1.165) is 16.8 Å². The third-order valence-electron chi connectivity index (χ3n) is 3.98. The lowest BCUT2D eigenvalue weighted by atomic mass is 10.0. The summed E-state index contributed by atoms with van der Waals surface area (Å²) in [7, 11) is 0. The molecule has 2 aromatic carbocycles. The van der Waals surface area contributed by atoms with Crippen LogP contribution in [-0.4, -0.2) is 17.6 Å². The Kier molecular flexibility index (Phi) is 6.23. The topological polar surface area (TPSA) is 54.0 Å². The molecule has 0 spiro atoms. The highest BCUT2D eigenvalue weighted by atomic mass is 35.5. The van der Waals surface area contributed by atoms with E-state index in [9.17, 15) is 4.79 Å². The number of nitrogens with one attached hydrogen (secondary N) is 2. The predicted octanol–water partition coefficient (Wildman–Crippen LogP) is 4.37. The van der Waals surface area contributed by atoms with Crippen molar-refractivity contribution in [3.63, 3.8) is 0 Å². The van der Waals surface area contributed by atoms with E-state index < -0.39 is 0 Å². The molecule has 0 bridgehead atoms. The van der Waals surface area contributed by atoms with E-state index in [-0.39, 0.29) is 12.1 Å². The minimum Gasteiger partial charge on any atom is -0.338 e. The number of nitrogens with zero attached hydrogens (tertiary/aromatic N) is 1. The number of benzene rings is 2. The Balaban J connectivity index is 1.62. The van der Waals surface area contributed by atoms with Crippen LogP contribution in [0.15, 0.2) is 79.0 Å². The van der Waals surface area contributed by atoms with Gasteiger partial charge in [0, 0.05) is 17.8 Å². The summed E-state index contributed by atoms with van der Waals surface area (Å²) in [5.41, 5.74) is 2.86. The van der Waals surface area contributed by atoms with Gasteiger partial charge < -0.3 is 10.6 Å². The van der Waals surface area contributed by atoms with Crippen molar-refractivity contribution in [3.8, 4) is 0 Å². The Morgan fingerprint density at radius 2 is 1.81 bits per heavy atom. The average molecular weight is 366 g/mol. The number of hydrogen-bond acceptors (Lipinski definition) is 2. The van der Waals surface area contributed by atoms with Gasteiger partial charge in [0.15, 0.2) is 0 Å². The van der Waals surface area contributed by atoms with Crippen LogP contribution >= 0.6 is 11.6 Å². The van der Waals surface area contributed by atoms with Crippen LogP contribution in [0.1, 0.15) is 22.9 Å². The average Bonchev–Trinajstić information content (AvgIpc) is 2.67. The zero-order chi connectivity index (χ0) is 18.2. The molecule has 3 rings (SSSR count). The normalized spacial score (nSPS) is 11.6. The van der Waals surface area contributed by atoms with E-state index in [0.29, 0.717) is 18.0 Å². The summed E-state index contributed by atoms with van der Waals surface area (Å²) >= 11 is 5.98. The quantitative estimate of drug-likeness (QED) is 0.681. The molecule has 26 heavy (non-hydrogen) atoms. The van der Waals surface area contributed by atoms with Gasteiger partial charge in [-0.1, -0.05) is 60.1 Å². The first-order chi connectivity index (χ1) is 12.7. The van der Waals surface area contributed by atoms with Gasteiger partial charge in [-0.3, -0.25) is 4.98 Å². The zero-order valence-corrected chi connectivity index (χ0v) is 15.0. The highest BCUT2D eigenvalue weighted by Gasteiger charge is 2.17. The highest BCUT2D eigenvalue weighted by molar-refractivity contribution is 6.30. The second-order valence-electron chi connectivity index (χ2n) is 5.88. The summed E-state index contributed by atoms with van der Waals surface area (Å²) in [5.74, 6) is 0. The van der Waals surface area contributed by atoms with E-state index in [4.69, 9.17) is 11.6 Å². The summed E-state index contributed by atoms with van der Waals surface area (Å²) in [6, 6.07) is 22.6. The Bertz CT molecular complexity index is 801. The van der Waals surface area contributed by atoms with Crippen molar-refractivity contribution in [1.29, 1.82) is 0 Å². The molecule has 1 aromatic heterocycles. The number of carbonyl (C=O) groups excluding carboxylic acids is 1. The number of carbonyl (C=O) groups is 1. The van der Waals surface area contributed by atoms with Crippen molar-refractivity contribution in [2.45, 2.75) is 12.5 Å². The Hall–Kier alpha value is -2.85. The standard InChI is InChI=1S/C21H20ClN3O/c22-18-10-6-7-16(15-18)12-14-24-21(26)25-20(17-8-2-1-3-9-17)19-11-4-5-13-23-19/h1-11,13,15,20H,12,14H2,(H2,24,25,26)/t20-/m1/s1. The van der Waals surface area contributed by atoms with Gasteiger partial charge in [0.25, 0.3) is 0 Å². The Morgan fingerprint density at radius 1 is 1.00 bits per heavy atom. The minimum absolute atomic E-state index is 0.230. The first-order valence-electron chi connectivity index (χ1n) is 8.47. The molecule has 0 aliphatic carbocycles. The second kappa shape index (κ2) is 9.02. The molecule has 0 fully saturated rings. The molecule has 2 amide bonds. The molecule has 0 radical (unpaired) electrons. The second-order valence-corrected chi connectivity index (χ2v) is 6.31. The van der Waals surface area contributed by atoms with Crippen LogP contribution < -0.4 is 10.6 Å². The molecule has 2 N–H and O–H groups in total. The smallest absolute Gasteiger partial charge is 0.315 e. The lowest BCUT2D eigenvalue weighted by Crippen LogP contribution is -2.39. The van der Waals surface area contributed by atoms with E-state index >= 15 is 0 Å². The third-order valence-corrected chi connectivity index (χ3v) is 4.22. The fraction of sp³-hybridized carbons (Fsp3) is 0.143. The van der Waals surface area contributed by atoms with Crippen molar-refractivity contribution in [3.05, 3.63) is 101 Å². The molecule has 1 heterocycles. The number of halogens is 1. The lowest BCUT2D eigenvalue weighted by molar-refractivity contribution is 0.238. The van der Waals surface area contributed by atoms with Crippen molar-refractivity contribution >= 4 is 17.6 Å². The predicted molar refractivity (Wildman–Crippen MR) is 104 cm³/mol. The number of urea groups is 1. The first-order valence-corrected chi connectivity index (χ1v) is 8.85. The van der Waals surface area contributed by atoms with Gasteiger partial charge in [0.05, 0.1) is 11.7 Å². The van der Waals surface area contributed by atoms with Gasteiger partial charge in [-0.15, -0.1) is 0 Å². The maximum Gasteiger partial charge on any atom is 0.315 e. The summed E-state index contributed by atoms with van der Waals surface area (Å²) in [5, 5.41) is 6.61. The molecule has 4 nitrogen and oxygen atoms in total. The minimum atomic E-state index is -0.302. The van der Waals surface area contributed by atoms with E-state index in [1.165, 1.54) is 0 Å². The van der Waals surface area contributed by atoms with E-state index in [1.807, 2.05) is 72.8 Å². The molecular weight excluding hydrogens is 346 g/mol.